The van der Waals surface area contributed by atoms with E-state index < -0.39 is 0 Å². The molecule has 0 saturated carbocycles. The maximum atomic E-state index is 2.47. The summed E-state index contributed by atoms with van der Waals surface area (Å²) in [5.41, 5.74) is 0. The smallest absolute Gasteiger partial charge is 0.0220 e. The van der Waals surface area contributed by atoms with Gasteiger partial charge < -0.3 is 0 Å². The van der Waals surface area contributed by atoms with Gasteiger partial charge in [-0.15, -0.1) is 47.0 Å². The van der Waals surface area contributed by atoms with Gasteiger partial charge in [0, 0.05) is 19.6 Å². The second kappa shape index (κ2) is 13.0. The Kier molecular flexibility index (Phi) is 12.2. The molecule has 0 atom stereocenters. The summed E-state index contributed by atoms with van der Waals surface area (Å²) in [6.45, 7) is 9.07. The maximum absolute atomic E-state index is 2.47. The molecule has 0 heterocycles. The first-order valence-corrected chi connectivity index (χ1v) is 12.4. The monoisotopic (exact) mass is 374 g/mol. The molecule has 0 aliphatic carbocycles. The van der Waals surface area contributed by atoms with Gasteiger partial charge in [-0.3, -0.25) is 0 Å². The first-order valence-electron chi connectivity index (χ1n) is 8.45. The average molecular weight is 375 g/mol. The lowest BCUT2D eigenvalue weighted by Crippen LogP contribution is -1.90. The molecule has 0 aliphatic rings. The summed E-state index contributed by atoms with van der Waals surface area (Å²) < 4.78 is 0. The van der Waals surface area contributed by atoms with Gasteiger partial charge in [0.25, 0.3) is 0 Å². The summed E-state index contributed by atoms with van der Waals surface area (Å²) in [5.74, 6) is 4.88. The van der Waals surface area contributed by atoms with Crippen LogP contribution in [0.1, 0.15) is 53.4 Å². The second-order valence-electron chi connectivity index (χ2n) is 5.14. The highest BCUT2D eigenvalue weighted by Gasteiger charge is 2.11. The molecule has 126 valence electrons. The largest absolute Gasteiger partial charge is 0.125 e. The first-order chi connectivity index (χ1) is 10.8. The molecule has 1 aromatic carbocycles. The predicted octanol–water partition coefficient (Wildman–Crippen LogP) is 7.70. The SMILES string of the molecule is CCCSc1cc(SCCC)c(SCCC)cc1SCCC. The van der Waals surface area contributed by atoms with Gasteiger partial charge in [-0.05, 0) is 60.8 Å². The number of hydrogen-bond donors (Lipinski definition) is 0. The van der Waals surface area contributed by atoms with E-state index in [0.717, 1.165) is 0 Å². The normalized spacial score (nSPS) is 11.1. The first kappa shape index (κ1) is 20.7. The van der Waals surface area contributed by atoms with Crippen LogP contribution in [0.15, 0.2) is 31.7 Å². The van der Waals surface area contributed by atoms with Gasteiger partial charge in [-0.25, -0.2) is 0 Å². The van der Waals surface area contributed by atoms with Crippen molar-refractivity contribution in [2.45, 2.75) is 73.0 Å². The van der Waals surface area contributed by atoms with Crippen molar-refractivity contribution in [1.82, 2.24) is 0 Å². The molecule has 0 unspecified atom stereocenters. The molecule has 1 aromatic rings. The third-order valence-electron chi connectivity index (χ3n) is 2.86. The van der Waals surface area contributed by atoms with E-state index in [1.807, 2.05) is 47.0 Å². The second-order valence-corrected chi connectivity index (χ2v) is 9.69. The molecule has 0 spiro atoms. The maximum Gasteiger partial charge on any atom is 0.0220 e. The Morgan fingerprint density at radius 2 is 0.727 bits per heavy atom. The van der Waals surface area contributed by atoms with Crippen LogP contribution in [-0.4, -0.2) is 23.0 Å². The number of hydrogen-bond acceptors (Lipinski definition) is 4. The van der Waals surface area contributed by atoms with E-state index in [4.69, 9.17) is 0 Å². The third-order valence-corrected chi connectivity index (χ3v) is 8.16. The van der Waals surface area contributed by atoms with Gasteiger partial charge in [0.1, 0.15) is 0 Å². The van der Waals surface area contributed by atoms with Crippen LogP contribution in [0.4, 0.5) is 0 Å². The van der Waals surface area contributed by atoms with Crippen molar-refractivity contribution in [1.29, 1.82) is 0 Å². The van der Waals surface area contributed by atoms with Crippen LogP contribution in [0.3, 0.4) is 0 Å². The van der Waals surface area contributed by atoms with Gasteiger partial charge in [0.2, 0.25) is 0 Å². The van der Waals surface area contributed by atoms with Crippen LogP contribution >= 0.6 is 47.0 Å². The van der Waals surface area contributed by atoms with E-state index in [2.05, 4.69) is 39.8 Å². The number of thioether (sulfide) groups is 4. The van der Waals surface area contributed by atoms with E-state index in [-0.39, 0.29) is 0 Å². The van der Waals surface area contributed by atoms with E-state index in [9.17, 15) is 0 Å². The lowest BCUT2D eigenvalue weighted by atomic mass is 10.3. The van der Waals surface area contributed by atoms with Gasteiger partial charge in [-0.2, -0.15) is 0 Å². The molecule has 0 aliphatic heterocycles. The molecule has 0 aromatic heterocycles. The Balaban J connectivity index is 3.04. The standard InChI is InChI=1S/C18H30S4/c1-5-9-19-15-13-17(21-11-7-3)18(22-12-8-4)14-16(15)20-10-6-2/h13-14H,5-12H2,1-4H3. The van der Waals surface area contributed by atoms with Crippen molar-refractivity contribution >= 4 is 47.0 Å². The van der Waals surface area contributed by atoms with Crippen LogP contribution in [0.25, 0.3) is 0 Å². The quantitative estimate of drug-likeness (QED) is 0.344. The molecule has 1 rings (SSSR count). The average Bonchev–Trinajstić information content (AvgIpc) is 2.55. The van der Waals surface area contributed by atoms with E-state index >= 15 is 0 Å². The Morgan fingerprint density at radius 3 is 0.909 bits per heavy atom. The Labute approximate surface area is 154 Å². The molecule has 4 heteroatoms. The van der Waals surface area contributed by atoms with Crippen LogP contribution in [0.5, 0.6) is 0 Å². The van der Waals surface area contributed by atoms with E-state index in [0.29, 0.717) is 0 Å². The minimum atomic E-state index is 1.22. The molecule has 0 amide bonds. The minimum absolute atomic E-state index is 1.22. The Hall–Kier alpha value is 0.620. The summed E-state index contributed by atoms with van der Waals surface area (Å²) >= 11 is 8.14. The number of benzene rings is 1. The van der Waals surface area contributed by atoms with Gasteiger partial charge >= 0.3 is 0 Å². The van der Waals surface area contributed by atoms with Crippen LogP contribution in [0, 0.1) is 0 Å². The molecular weight excluding hydrogens is 344 g/mol. The van der Waals surface area contributed by atoms with Gasteiger partial charge in [-0.1, -0.05) is 27.7 Å². The van der Waals surface area contributed by atoms with Crippen molar-refractivity contribution in [3.05, 3.63) is 12.1 Å². The molecular formula is C18H30S4. The van der Waals surface area contributed by atoms with Crippen molar-refractivity contribution in [2.75, 3.05) is 23.0 Å². The predicted molar refractivity (Wildman–Crippen MR) is 111 cm³/mol. The summed E-state index contributed by atoms with van der Waals surface area (Å²) in [6, 6.07) is 4.94. The molecule has 0 nitrogen and oxygen atoms in total. The Morgan fingerprint density at radius 1 is 0.500 bits per heavy atom. The topological polar surface area (TPSA) is 0 Å². The highest BCUT2D eigenvalue weighted by molar-refractivity contribution is 8.03. The third kappa shape index (κ3) is 7.46. The lowest BCUT2D eigenvalue weighted by molar-refractivity contribution is 1.04. The van der Waals surface area contributed by atoms with Gasteiger partial charge in [0.15, 0.2) is 0 Å². The van der Waals surface area contributed by atoms with Crippen molar-refractivity contribution in [3.63, 3.8) is 0 Å². The van der Waals surface area contributed by atoms with Crippen LogP contribution in [-0.2, 0) is 0 Å². The summed E-state index contributed by atoms with van der Waals surface area (Å²) in [5, 5.41) is 0. The minimum Gasteiger partial charge on any atom is -0.125 e. The van der Waals surface area contributed by atoms with Crippen molar-refractivity contribution in [2.24, 2.45) is 0 Å². The fourth-order valence-electron chi connectivity index (χ4n) is 1.82. The summed E-state index contributed by atoms with van der Waals surface area (Å²) in [4.78, 5) is 6.00. The molecule has 0 fully saturated rings. The van der Waals surface area contributed by atoms with Crippen LogP contribution in [0.2, 0.25) is 0 Å². The molecule has 22 heavy (non-hydrogen) atoms. The lowest BCUT2D eigenvalue weighted by Gasteiger charge is -2.15. The molecule has 0 radical (unpaired) electrons. The Bertz CT molecular complexity index is 344. The fourth-order valence-corrected chi connectivity index (χ4v) is 5.98. The molecule has 0 bridgehead atoms. The zero-order valence-corrected chi connectivity index (χ0v) is 17.7. The molecule has 0 N–H and O–H groups in total. The van der Waals surface area contributed by atoms with E-state index in [1.165, 1.54) is 68.3 Å². The zero-order chi connectivity index (χ0) is 16.2. The summed E-state index contributed by atoms with van der Waals surface area (Å²) in [6.07, 6.45) is 4.97. The number of rotatable bonds is 12. The molecule has 0 saturated heterocycles. The summed E-state index contributed by atoms with van der Waals surface area (Å²) in [7, 11) is 0. The fraction of sp³-hybridized carbons (Fsp3) is 0.667. The highest BCUT2D eigenvalue weighted by atomic mass is 32.2. The van der Waals surface area contributed by atoms with E-state index in [1.54, 1.807) is 0 Å². The van der Waals surface area contributed by atoms with Crippen molar-refractivity contribution in [3.8, 4) is 0 Å². The highest BCUT2D eigenvalue weighted by Crippen LogP contribution is 2.41. The van der Waals surface area contributed by atoms with Crippen LogP contribution < -0.4 is 0 Å². The van der Waals surface area contributed by atoms with Crippen molar-refractivity contribution < 1.29 is 0 Å². The zero-order valence-electron chi connectivity index (χ0n) is 14.4. The van der Waals surface area contributed by atoms with Gasteiger partial charge in [0.05, 0.1) is 0 Å².